The van der Waals surface area contributed by atoms with E-state index in [1.165, 1.54) is 13.4 Å². The van der Waals surface area contributed by atoms with Crippen molar-refractivity contribution < 1.29 is 19.4 Å². The Labute approximate surface area is 105 Å². The lowest BCUT2D eigenvalue weighted by molar-refractivity contribution is -0.147. The zero-order valence-corrected chi connectivity index (χ0v) is 10.6. The number of methoxy groups -OCH3 is 1. The van der Waals surface area contributed by atoms with Crippen LogP contribution in [0.5, 0.6) is 5.88 Å². The zero-order valence-electron chi connectivity index (χ0n) is 10.6. The maximum Gasteiger partial charge on any atom is 0.334 e. The van der Waals surface area contributed by atoms with Crippen LogP contribution in [0, 0.1) is 0 Å². The third-order valence-electron chi connectivity index (χ3n) is 2.03. The summed E-state index contributed by atoms with van der Waals surface area (Å²) < 4.78 is 10.2. The summed E-state index contributed by atoms with van der Waals surface area (Å²) in [7, 11) is 1.34. The molecule has 7 heteroatoms. The van der Waals surface area contributed by atoms with Crippen LogP contribution < -0.4 is 10.1 Å². The molecule has 2 N–H and O–H groups in total. The summed E-state index contributed by atoms with van der Waals surface area (Å²) in [5.74, 6) is -0.103. The van der Waals surface area contributed by atoms with Gasteiger partial charge in [-0.25, -0.2) is 14.8 Å². The van der Waals surface area contributed by atoms with Crippen molar-refractivity contribution in [2.75, 3.05) is 19.0 Å². The molecule has 0 amide bonds. The zero-order chi connectivity index (χ0) is 13.5. The average Bonchev–Trinajstić information content (AvgIpc) is 2.29. The van der Waals surface area contributed by atoms with Gasteiger partial charge in [0.2, 0.25) is 5.88 Å². The quantitative estimate of drug-likeness (QED) is 0.743. The molecule has 0 aliphatic rings. The summed E-state index contributed by atoms with van der Waals surface area (Å²) in [6.45, 7) is 3.89. The first-order valence-corrected chi connectivity index (χ1v) is 5.51. The highest BCUT2D eigenvalue weighted by Gasteiger charge is 2.16. The molecular formula is C11H17N3O4. The largest absolute Gasteiger partial charge is 0.479 e. The highest BCUT2D eigenvalue weighted by Crippen LogP contribution is 2.12. The minimum absolute atomic E-state index is 0.0125. The van der Waals surface area contributed by atoms with E-state index in [4.69, 9.17) is 14.6 Å². The fourth-order valence-electron chi connectivity index (χ4n) is 1.21. The molecule has 0 aliphatic heterocycles. The smallest absolute Gasteiger partial charge is 0.334 e. The van der Waals surface area contributed by atoms with Gasteiger partial charge in [0.15, 0.2) is 6.10 Å². The van der Waals surface area contributed by atoms with Crippen LogP contribution in [0.15, 0.2) is 12.4 Å². The predicted octanol–water partition coefficient (Wildman–Crippen LogP) is 0.775. The lowest BCUT2D eigenvalue weighted by atomic mass is 10.3. The van der Waals surface area contributed by atoms with E-state index in [0.29, 0.717) is 11.7 Å². The molecule has 0 radical (unpaired) electrons. The van der Waals surface area contributed by atoms with E-state index >= 15 is 0 Å². The molecule has 1 atom stereocenters. The maximum atomic E-state index is 10.7. The second-order valence-electron chi connectivity index (χ2n) is 3.85. The molecule has 0 bridgehead atoms. The first-order chi connectivity index (χ1) is 8.52. The molecule has 100 valence electrons. The van der Waals surface area contributed by atoms with Crippen LogP contribution in [-0.4, -0.2) is 46.9 Å². The van der Waals surface area contributed by atoms with Crippen LogP contribution in [0.2, 0.25) is 0 Å². The number of nitrogens with one attached hydrogen (secondary N) is 1. The lowest BCUT2D eigenvalue weighted by Gasteiger charge is -2.13. The molecule has 0 saturated heterocycles. The summed E-state index contributed by atoms with van der Waals surface area (Å²) in [6.07, 6.45) is 0.440. The molecule has 1 aromatic rings. The van der Waals surface area contributed by atoms with Gasteiger partial charge in [-0.15, -0.1) is 0 Å². The predicted molar refractivity (Wildman–Crippen MR) is 64.7 cm³/mol. The average molecular weight is 255 g/mol. The SMILES string of the molecule is COC(CNc1cc(OC(C)C)ncn1)C(=O)O. The summed E-state index contributed by atoms with van der Waals surface area (Å²) in [5.41, 5.74) is 0. The Kier molecular flexibility index (Phi) is 5.31. The molecule has 1 heterocycles. The standard InChI is InChI=1S/C11H17N3O4/c1-7(2)18-10-4-9(13-6-14-10)12-5-8(17-3)11(15)16/h4,6-8H,5H2,1-3H3,(H,15,16)(H,12,13,14). The number of carboxylic acid groups (broad SMARTS) is 1. The molecule has 0 spiro atoms. The molecule has 0 aromatic carbocycles. The molecule has 1 rings (SSSR count). The Balaban J connectivity index is 2.59. The van der Waals surface area contributed by atoms with Crippen molar-refractivity contribution >= 4 is 11.8 Å². The van der Waals surface area contributed by atoms with Gasteiger partial charge in [-0.2, -0.15) is 0 Å². The van der Waals surface area contributed by atoms with Gasteiger partial charge in [0.05, 0.1) is 12.6 Å². The number of carboxylic acids is 1. The van der Waals surface area contributed by atoms with Gasteiger partial charge in [-0.3, -0.25) is 0 Å². The first-order valence-electron chi connectivity index (χ1n) is 5.51. The molecule has 1 aromatic heterocycles. The van der Waals surface area contributed by atoms with Crippen molar-refractivity contribution in [1.82, 2.24) is 9.97 Å². The van der Waals surface area contributed by atoms with E-state index < -0.39 is 12.1 Å². The normalized spacial score (nSPS) is 12.2. The van der Waals surface area contributed by atoms with Crippen LogP contribution >= 0.6 is 0 Å². The number of nitrogens with zero attached hydrogens (tertiary/aromatic N) is 2. The van der Waals surface area contributed by atoms with Crippen LogP contribution in [0.1, 0.15) is 13.8 Å². The molecule has 1 unspecified atom stereocenters. The van der Waals surface area contributed by atoms with E-state index in [1.807, 2.05) is 13.8 Å². The number of rotatable bonds is 7. The van der Waals surface area contributed by atoms with Crippen LogP contribution in [0.25, 0.3) is 0 Å². The second kappa shape index (κ2) is 6.75. The fourth-order valence-corrected chi connectivity index (χ4v) is 1.21. The highest BCUT2D eigenvalue weighted by molar-refractivity contribution is 5.73. The number of aromatic nitrogens is 2. The number of ether oxygens (including phenoxy) is 2. The highest BCUT2D eigenvalue weighted by atomic mass is 16.5. The Morgan fingerprint density at radius 2 is 2.22 bits per heavy atom. The van der Waals surface area contributed by atoms with Gasteiger partial charge in [0, 0.05) is 13.2 Å². The van der Waals surface area contributed by atoms with Crippen molar-refractivity contribution in [2.45, 2.75) is 26.1 Å². The van der Waals surface area contributed by atoms with Gasteiger partial charge in [-0.05, 0) is 13.8 Å². The second-order valence-corrected chi connectivity index (χ2v) is 3.85. The van der Waals surface area contributed by atoms with Crippen molar-refractivity contribution in [3.8, 4) is 5.88 Å². The molecular weight excluding hydrogens is 238 g/mol. The van der Waals surface area contributed by atoms with Gasteiger partial charge in [0.1, 0.15) is 12.1 Å². The Morgan fingerprint density at radius 3 is 2.78 bits per heavy atom. The Bertz CT molecular complexity index is 398. The number of anilines is 1. The minimum atomic E-state index is -1.03. The monoisotopic (exact) mass is 255 g/mol. The minimum Gasteiger partial charge on any atom is -0.479 e. The summed E-state index contributed by atoms with van der Waals surface area (Å²) in [5, 5.41) is 11.7. The first kappa shape index (κ1) is 14.2. The number of hydrogen-bond donors (Lipinski definition) is 2. The molecule has 0 aliphatic carbocycles. The van der Waals surface area contributed by atoms with Gasteiger partial charge < -0.3 is 19.9 Å². The van der Waals surface area contributed by atoms with E-state index in [0.717, 1.165) is 0 Å². The van der Waals surface area contributed by atoms with E-state index in [-0.39, 0.29) is 12.6 Å². The van der Waals surface area contributed by atoms with Crippen LogP contribution in [0.4, 0.5) is 5.82 Å². The van der Waals surface area contributed by atoms with E-state index in [1.54, 1.807) is 6.07 Å². The summed E-state index contributed by atoms with van der Waals surface area (Å²) >= 11 is 0. The van der Waals surface area contributed by atoms with Crippen molar-refractivity contribution in [2.24, 2.45) is 0 Å². The van der Waals surface area contributed by atoms with Gasteiger partial charge in [0.25, 0.3) is 0 Å². The third-order valence-corrected chi connectivity index (χ3v) is 2.03. The molecule has 0 fully saturated rings. The summed E-state index contributed by atoms with van der Waals surface area (Å²) in [6, 6.07) is 1.61. The number of aliphatic carboxylic acids is 1. The fraction of sp³-hybridized carbons (Fsp3) is 0.545. The number of carbonyl (C=O) groups is 1. The molecule has 0 saturated carbocycles. The van der Waals surface area contributed by atoms with E-state index in [2.05, 4.69) is 15.3 Å². The van der Waals surface area contributed by atoms with Crippen molar-refractivity contribution in [3.63, 3.8) is 0 Å². The summed E-state index contributed by atoms with van der Waals surface area (Å²) in [4.78, 5) is 18.6. The molecule has 7 nitrogen and oxygen atoms in total. The number of hydrogen-bond acceptors (Lipinski definition) is 6. The van der Waals surface area contributed by atoms with Crippen molar-refractivity contribution in [1.29, 1.82) is 0 Å². The van der Waals surface area contributed by atoms with Crippen LogP contribution in [0.3, 0.4) is 0 Å². The molecule has 18 heavy (non-hydrogen) atoms. The van der Waals surface area contributed by atoms with Crippen LogP contribution in [-0.2, 0) is 9.53 Å². The lowest BCUT2D eigenvalue weighted by Crippen LogP contribution is -2.30. The maximum absolute atomic E-state index is 10.7. The Morgan fingerprint density at radius 1 is 1.50 bits per heavy atom. The van der Waals surface area contributed by atoms with Gasteiger partial charge in [-0.1, -0.05) is 0 Å². The van der Waals surface area contributed by atoms with Crippen molar-refractivity contribution in [3.05, 3.63) is 12.4 Å². The Hall–Kier alpha value is -1.89. The third kappa shape index (κ3) is 4.54. The van der Waals surface area contributed by atoms with E-state index in [9.17, 15) is 4.79 Å². The van der Waals surface area contributed by atoms with Gasteiger partial charge >= 0.3 is 5.97 Å². The topological polar surface area (TPSA) is 93.6 Å².